The van der Waals surface area contributed by atoms with Crippen molar-refractivity contribution in [2.75, 3.05) is 5.75 Å². The molecule has 1 saturated carbocycles. The fourth-order valence-corrected chi connectivity index (χ4v) is 4.95. The van der Waals surface area contributed by atoms with Gasteiger partial charge in [-0.25, -0.2) is 0 Å². The van der Waals surface area contributed by atoms with Gasteiger partial charge in [-0.2, -0.15) is 0 Å². The van der Waals surface area contributed by atoms with E-state index in [4.69, 9.17) is 0 Å². The van der Waals surface area contributed by atoms with Crippen LogP contribution in [0.25, 0.3) is 0 Å². The van der Waals surface area contributed by atoms with Crippen LogP contribution in [-0.4, -0.2) is 5.75 Å². The molecule has 0 atom stereocenters. The summed E-state index contributed by atoms with van der Waals surface area (Å²) in [6.07, 6.45) is 6.72. The second-order valence-corrected chi connectivity index (χ2v) is 7.82. The summed E-state index contributed by atoms with van der Waals surface area (Å²) in [5.74, 6) is 1.10. The predicted octanol–water partition coefficient (Wildman–Crippen LogP) is 6.79. The van der Waals surface area contributed by atoms with Gasteiger partial charge in [0.05, 0.1) is 0 Å². The summed E-state index contributed by atoms with van der Waals surface area (Å²) in [7, 11) is 0. The molecule has 0 radical (unpaired) electrons. The Balaban J connectivity index is 1.74. The van der Waals surface area contributed by atoms with Gasteiger partial charge >= 0.3 is 0 Å². The lowest BCUT2D eigenvalue weighted by Crippen LogP contribution is -1.99. The molecule has 0 saturated heterocycles. The fourth-order valence-electron chi connectivity index (χ4n) is 2.76. The van der Waals surface area contributed by atoms with Crippen molar-refractivity contribution in [1.82, 2.24) is 0 Å². The second-order valence-electron chi connectivity index (χ2n) is 5.60. The molecule has 0 aromatic heterocycles. The zero-order valence-electron chi connectivity index (χ0n) is 12.8. The van der Waals surface area contributed by atoms with Gasteiger partial charge < -0.3 is 0 Å². The molecular weight excluding hydrogens is 304 g/mol. The lowest BCUT2D eigenvalue weighted by Gasteiger charge is -2.19. The van der Waals surface area contributed by atoms with Gasteiger partial charge in [-0.3, -0.25) is 0 Å². The number of rotatable bonds is 5. The van der Waals surface area contributed by atoms with Crippen LogP contribution in [-0.2, 0) is 0 Å². The van der Waals surface area contributed by atoms with Crippen LogP contribution in [0.4, 0.5) is 0 Å². The fraction of sp³-hybridized carbons (Fsp3) is 0.300. The van der Waals surface area contributed by atoms with E-state index in [-0.39, 0.29) is 0 Å². The van der Waals surface area contributed by atoms with Crippen molar-refractivity contribution in [3.8, 4) is 0 Å². The summed E-state index contributed by atoms with van der Waals surface area (Å²) in [5.41, 5.74) is 1.70. The van der Waals surface area contributed by atoms with E-state index in [1.165, 1.54) is 41.9 Å². The molecule has 2 aromatic carbocycles. The normalized spacial score (nSPS) is 14.8. The molecule has 0 nitrogen and oxygen atoms in total. The lowest BCUT2D eigenvalue weighted by atomic mass is 9.95. The van der Waals surface area contributed by atoms with Gasteiger partial charge in [0, 0.05) is 15.5 Å². The van der Waals surface area contributed by atoms with Gasteiger partial charge in [-0.05, 0) is 54.9 Å². The third-order valence-electron chi connectivity index (χ3n) is 3.95. The smallest absolute Gasteiger partial charge is 0.0295 e. The van der Waals surface area contributed by atoms with E-state index in [1.807, 2.05) is 23.5 Å². The first kappa shape index (κ1) is 15.8. The zero-order valence-corrected chi connectivity index (χ0v) is 14.5. The molecule has 1 aliphatic rings. The molecule has 22 heavy (non-hydrogen) atoms. The van der Waals surface area contributed by atoms with Crippen LogP contribution in [0.3, 0.4) is 0 Å². The van der Waals surface area contributed by atoms with E-state index in [1.54, 1.807) is 10.5 Å². The molecule has 2 heteroatoms. The minimum atomic E-state index is 1.10. The van der Waals surface area contributed by atoms with Gasteiger partial charge in [-0.1, -0.05) is 60.2 Å². The number of hydrogen-bond donors (Lipinski definition) is 0. The van der Waals surface area contributed by atoms with Crippen molar-refractivity contribution in [3.05, 3.63) is 71.1 Å². The molecule has 1 aliphatic carbocycles. The predicted molar refractivity (Wildman–Crippen MR) is 99.6 cm³/mol. The molecule has 0 aliphatic heterocycles. The largest absolute Gasteiger partial charge is 0.121 e. The SMILES string of the molecule is c1ccc(SCC(Sc2ccccc2)=C2CCCCC2)cc1. The van der Waals surface area contributed by atoms with Gasteiger partial charge in [0.2, 0.25) is 0 Å². The first-order valence-corrected chi connectivity index (χ1v) is 9.84. The Morgan fingerprint density at radius 3 is 1.95 bits per heavy atom. The molecule has 2 aromatic rings. The summed E-state index contributed by atoms with van der Waals surface area (Å²) >= 11 is 3.94. The topological polar surface area (TPSA) is 0 Å². The summed E-state index contributed by atoms with van der Waals surface area (Å²) in [5, 5.41) is 0. The highest BCUT2D eigenvalue weighted by atomic mass is 32.2. The van der Waals surface area contributed by atoms with Crippen LogP contribution >= 0.6 is 23.5 Å². The number of thioether (sulfide) groups is 2. The Morgan fingerprint density at radius 2 is 1.32 bits per heavy atom. The average Bonchev–Trinajstić information content (AvgIpc) is 2.61. The summed E-state index contributed by atoms with van der Waals surface area (Å²) < 4.78 is 0. The van der Waals surface area contributed by atoms with Crippen molar-refractivity contribution < 1.29 is 0 Å². The van der Waals surface area contributed by atoms with Crippen molar-refractivity contribution >= 4 is 23.5 Å². The van der Waals surface area contributed by atoms with E-state index in [2.05, 4.69) is 60.7 Å². The molecule has 0 spiro atoms. The summed E-state index contributed by atoms with van der Waals surface area (Å²) in [6, 6.07) is 21.6. The monoisotopic (exact) mass is 326 g/mol. The minimum Gasteiger partial charge on any atom is -0.121 e. The zero-order chi connectivity index (χ0) is 15.0. The molecule has 0 bridgehead atoms. The van der Waals surface area contributed by atoms with Crippen LogP contribution < -0.4 is 0 Å². The number of benzene rings is 2. The molecular formula is C20H22S2. The third-order valence-corrected chi connectivity index (χ3v) is 6.36. The van der Waals surface area contributed by atoms with E-state index >= 15 is 0 Å². The second kappa shape index (κ2) is 8.50. The molecule has 0 unspecified atom stereocenters. The lowest BCUT2D eigenvalue weighted by molar-refractivity contribution is 0.597. The maximum atomic E-state index is 2.22. The highest BCUT2D eigenvalue weighted by Gasteiger charge is 2.13. The van der Waals surface area contributed by atoms with E-state index in [0.717, 1.165) is 5.75 Å². The number of allylic oxidation sites excluding steroid dienone is 1. The van der Waals surface area contributed by atoms with Crippen molar-refractivity contribution in [2.24, 2.45) is 0 Å². The first-order valence-electron chi connectivity index (χ1n) is 8.03. The van der Waals surface area contributed by atoms with Crippen molar-refractivity contribution in [3.63, 3.8) is 0 Å². The highest BCUT2D eigenvalue weighted by Crippen LogP contribution is 2.38. The van der Waals surface area contributed by atoms with Crippen LogP contribution in [0.2, 0.25) is 0 Å². The average molecular weight is 327 g/mol. The van der Waals surface area contributed by atoms with E-state index in [0.29, 0.717) is 0 Å². The van der Waals surface area contributed by atoms with E-state index < -0.39 is 0 Å². The Kier molecular flexibility index (Phi) is 6.09. The first-order chi connectivity index (χ1) is 10.9. The Hall–Kier alpha value is -1.12. The number of hydrogen-bond acceptors (Lipinski definition) is 2. The Labute approximate surface area is 142 Å². The minimum absolute atomic E-state index is 1.10. The van der Waals surface area contributed by atoms with Crippen molar-refractivity contribution in [1.29, 1.82) is 0 Å². The molecule has 114 valence electrons. The molecule has 0 N–H and O–H groups in total. The third kappa shape index (κ3) is 4.69. The molecule has 1 fully saturated rings. The summed E-state index contributed by atoms with van der Waals surface area (Å²) in [6.45, 7) is 0. The van der Waals surface area contributed by atoms with Gasteiger partial charge in [0.15, 0.2) is 0 Å². The van der Waals surface area contributed by atoms with Crippen LogP contribution in [0.15, 0.2) is 80.9 Å². The molecule has 0 heterocycles. The van der Waals surface area contributed by atoms with Crippen LogP contribution in [0.1, 0.15) is 32.1 Å². The summed E-state index contributed by atoms with van der Waals surface area (Å²) in [4.78, 5) is 4.31. The Morgan fingerprint density at radius 1 is 0.727 bits per heavy atom. The molecule has 3 rings (SSSR count). The highest BCUT2D eigenvalue weighted by molar-refractivity contribution is 8.06. The van der Waals surface area contributed by atoms with Crippen LogP contribution in [0, 0.1) is 0 Å². The van der Waals surface area contributed by atoms with Crippen LogP contribution in [0.5, 0.6) is 0 Å². The van der Waals surface area contributed by atoms with E-state index in [9.17, 15) is 0 Å². The maximum absolute atomic E-state index is 2.22. The van der Waals surface area contributed by atoms with Gasteiger partial charge in [-0.15, -0.1) is 11.8 Å². The van der Waals surface area contributed by atoms with Gasteiger partial charge in [0.1, 0.15) is 0 Å². The van der Waals surface area contributed by atoms with Gasteiger partial charge in [0.25, 0.3) is 0 Å². The Bertz CT molecular complexity index is 594. The quantitative estimate of drug-likeness (QED) is 0.555. The maximum Gasteiger partial charge on any atom is 0.0295 e. The standard InChI is InChI=1S/C20H22S2/c1-4-10-17(11-5-1)20(22-19-14-8-3-9-15-19)16-21-18-12-6-2-7-13-18/h2-3,6-9,12-15H,1,4-5,10-11,16H2. The van der Waals surface area contributed by atoms with Crippen molar-refractivity contribution in [2.45, 2.75) is 41.9 Å². The molecule has 0 amide bonds.